The van der Waals surface area contributed by atoms with Crippen LogP contribution in [0, 0.1) is 0 Å². The van der Waals surface area contributed by atoms with Crippen molar-refractivity contribution in [3.8, 4) is 0 Å². The molecule has 2 aromatic carbocycles. The summed E-state index contributed by atoms with van der Waals surface area (Å²) in [5.74, 6) is 0.0920. The summed E-state index contributed by atoms with van der Waals surface area (Å²) in [5.41, 5.74) is 2.40. The van der Waals surface area contributed by atoms with Gasteiger partial charge in [-0.15, -0.1) is 0 Å². The van der Waals surface area contributed by atoms with Crippen molar-refractivity contribution in [1.29, 1.82) is 0 Å². The Labute approximate surface area is 163 Å². The Morgan fingerprint density at radius 2 is 2.04 bits per heavy atom. The third-order valence-electron chi connectivity index (χ3n) is 5.24. The predicted octanol–water partition coefficient (Wildman–Crippen LogP) is 3.22. The SMILES string of the molecule is CC(C)c1cc(C(=O)N[C@@H]2CC(=O)N(Cc3cccc4ccccc34)C2)n[nH]1. The molecule has 6 heteroatoms. The molecule has 2 amide bonds. The van der Waals surface area contributed by atoms with E-state index < -0.39 is 0 Å². The monoisotopic (exact) mass is 376 g/mol. The number of aromatic amines is 1. The first-order chi connectivity index (χ1) is 13.5. The second kappa shape index (κ2) is 7.46. The molecule has 28 heavy (non-hydrogen) atoms. The molecule has 2 N–H and O–H groups in total. The molecule has 1 aromatic heterocycles. The number of aromatic nitrogens is 2. The zero-order chi connectivity index (χ0) is 19.7. The van der Waals surface area contributed by atoms with E-state index in [9.17, 15) is 9.59 Å². The lowest BCUT2D eigenvalue weighted by molar-refractivity contribution is -0.128. The summed E-state index contributed by atoms with van der Waals surface area (Å²) in [6.07, 6.45) is 0.317. The lowest BCUT2D eigenvalue weighted by atomic mass is 10.0. The Bertz CT molecular complexity index is 1020. The van der Waals surface area contributed by atoms with Gasteiger partial charge in [-0.25, -0.2) is 0 Å². The third-order valence-corrected chi connectivity index (χ3v) is 5.24. The molecule has 1 fully saturated rings. The number of carbonyl (C=O) groups excluding carboxylic acids is 2. The summed E-state index contributed by atoms with van der Waals surface area (Å²) in [5, 5.41) is 12.2. The number of nitrogens with zero attached hydrogens (tertiary/aromatic N) is 2. The van der Waals surface area contributed by atoms with Crippen molar-refractivity contribution < 1.29 is 9.59 Å². The average Bonchev–Trinajstić information content (AvgIpc) is 3.30. The molecule has 4 rings (SSSR count). The van der Waals surface area contributed by atoms with Crippen LogP contribution in [0.25, 0.3) is 10.8 Å². The van der Waals surface area contributed by atoms with Gasteiger partial charge in [0.05, 0.1) is 6.04 Å². The lowest BCUT2D eigenvalue weighted by Crippen LogP contribution is -2.37. The van der Waals surface area contributed by atoms with Gasteiger partial charge in [-0.05, 0) is 28.3 Å². The number of hydrogen-bond donors (Lipinski definition) is 2. The van der Waals surface area contributed by atoms with Crippen LogP contribution in [0.5, 0.6) is 0 Å². The van der Waals surface area contributed by atoms with Crippen molar-refractivity contribution in [2.75, 3.05) is 6.54 Å². The van der Waals surface area contributed by atoms with Crippen LogP contribution in [0.2, 0.25) is 0 Å². The Morgan fingerprint density at radius 3 is 2.82 bits per heavy atom. The van der Waals surface area contributed by atoms with Gasteiger partial charge in [0.2, 0.25) is 5.91 Å². The van der Waals surface area contributed by atoms with E-state index in [-0.39, 0.29) is 23.8 Å². The van der Waals surface area contributed by atoms with Crippen LogP contribution in [-0.2, 0) is 11.3 Å². The summed E-state index contributed by atoms with van der Waals surface area (Å²) < 4.78 is 0. The van der Waals surface area contributed by atoms with Crippen molar-refractivity contribution in [1.82, 2.24) is 20.4 Å². The van der Waals surface area contributed by atoms with Crippen LogP contribution in [-0.4, -0.2) is 39.5 Å². The molecule has 3 aromatic rings. The number of hydrogen-bond acceptors (Lipinski definition) is 3. The molecule has 0 spiro atoms. The number of likely N-dealkylation sites (tertiary alicyclic amines) is 1. The lowest BCUT2D eigenvalue weighted by Gasteiger charge is -2.18. The first-order valence-electron chi connectivity index (χ1n) is 9.62. The highest BCUT2D eigenvalue weighted by molar-refractivity contribution is 5.93. The second-order valence-corrected chi connectivity index (χ2v) is 7.65. The van der Waals surface area contributed by atoms with E-state index in [0.29, 0.717) is 25.2 Å². The van der Waals surface area contributed by atoms with Gasteiger partial charge in [-0.1, -0.05) is 56.3 Å². The highest BCUT2D eigenvalue weighted by Crippen LogP contribution is 2.22. The number of rotatable bonds is 5. The Balaban J connectivity index is 1.43. The number of nitrogens with one attached hydrogen (secondary N) is 2. The standard InChI is InChI=1S/C22H24N4O2/c1-14(2)19-11-20(25-24-19)22(28)23-17-10-21(27)26(13-17)12-16-8-5-7-15-6-3-4-9-18(15)16/h3-9,11,14,17H,10,12-13H2,1-2H3,(H,23,28)(H,24,25)/t17-/m1/s1. The summed E-state index contributed by atoms with van der Waals surface area (Å²) in [4.78, 5) is 26.8. The maximum atomic E-state index is 12.5. The summed E-state index contributed by atoms with van der Waals surface area (Å²) in [7, 11) is 0. The molecule has 0 saturated carbocycles. The quantitative estimate of drug-likeness (QED) is 0.718. The normalized spacial score (nSPS) is 16.9. The van der Waals surface area contributed by atoms with Crippen LogP contribution in [0.3, 0.4) is 0 Å². The van der Waals surface area contributed by atoms with Gasteiger partial charge >= 0.3 is 0 Å². The van der Waals surface area contributed by atoms with Crippen LogP contribution in [0.4, 0.5) is 0 Å². The van der Waals surface area contributed by atoms with E-state index >= 15 is 0 Å². The van der Waals surface area contributed by atoms with Crippen molar-refractivity contribution in [2.45, 2.75) is 38.8 Å². The van der Waals surface area contributed by atoms with Crippen LogP contribution in [0.15, 0.2) is 48.5 Å². The van der Waals surface area contributed by atoms with Crippen LogP contribution >= 0.6 is 0 Å². The van der Waals surface area contributed by atoms with E-state index in [1.54, 1.807) is 6.07 Å². The third kappa shape index (κ3) is 3.63. The molecule has 1 aliphatic rings. The van der Waals surface area contributed by atoms with Gasteiger partial charge in [-0.3, -0.25) is 14.7 Å². The zero-order valence-electron chi connectivity index (χ0n) is 16.1. The van der Waals surface area contributed by atoms with Crippen molar-refractivity contribution in [2.24, 2.45) is 0 Å². The molecule has 0 bridgehead atoms. The summed E-state index contributed by atoms with van der Waals surface area (Å²) in [6.45, 7) is 5.13. The first kappa shape index (κ1) is 18.2. The zero-order valence-corrected chi connectivity index (χ0v) is 16.1. The molecule has 6 nitrogen and oxygen atoms in total. The van der Waals surface area contributed by atoms with Crippen LogP contribution in [0.1, 0.15) is 47.9 Å². The fourth-order valence-corrected chi connectivity index (χ4v) is 3.67. The van der Waals surface area contributed by atoms with E-state index in [4.69, 9.17) is 0 Å². The van der Waals surface area contributed by atoms with Crippen molar-refractivity contribution in [3.05, 3.63) is 65.5 Å². The minimum Gasteiger partial charge on any atom is -0.346 e. The Kier molecular flexibility index (Phi) is 4.86. The molecular weight excluding hydrogens is 352 g/mol. The van der Waals surface area contributed by atoms with Gasteiger partial charge in [-0.2, -0.15) is 5.10 Å². The van der Waals surface area contributed by atoms with E-state index in [0.717, 1.165) is 22.0 Å². The average molecular weight is 376 g/mol. The number of fused-ring (bicyclic) bond motifs is 1. The first-order valence-corrected chi connectivity index (χ1v) is 9.62. The molecule has 0 radical (unpaired) electrons. The maximum absolute atomic E-state index is 12.5. The van der Waals surface area contributed by atoms with Crippen molar-refractivity contribution in [3.63, 3.8) is 0 Å². The predicted molar refractivity (Wildman–Crippen MR) is 108 cm³/mol. The van der Waals surface area contributed by atoms with Gasteiger partial charge < -0.3 is 10.2 Å². The van der Waals surface area contributed by atoms with Crippen molar-refractivity contribution >= 4 is 22.6 Å². The summed E-state index contributed by atoms with van der Waals surface area (Å²) >= 11 is 0. The largest absolute Gasteiger partial charge is 0.346 e. The highest BCUT2D eigenvalue weighted by atomic mass is 16.2. The van der Waals surface area contributed by atoms with E-state index in [2.05, 4.69) is 39.8 Å². The van der Waals surface area contributed by atoms with Gasteiger partial charge in [0, 0.05) is 25.2 Å². The summed E-state index contributed by atoms with van der Waals surface area (Å²) in [6, 6.07) is 15.9. The fourth-order valence-electron chi connectivity index (χ4n) is 3.67. The van der Waals surface area contributed by atoms with Gasteiger partial charge in [0.15, 0.2) is 0 Å². The molecule has 144 valence electrons. The highest BCUT2D eigenvalue weighted by Gasteiger charge is 2.31. The molecule has 1 saturated heterocycles. The molecule has 0 aliphatic carbocycles. The van der Waals surface area contributed by atoms with E-state index in [1.807, 2.05) is 36.9 Å². The number of H-pyrrole nitrogens is 1. The topological polar surface area (TPSA) is 78.1 Å². The minimum absolute atomic E-state index is 0.0585. The molecule has 2 heterocycles. The second-order valence-electron chi connectivity index (χ2n) is 7.65. The fraction of sp³-hybridized carbons (Fsp3) is 0.318. The maximum Gasteiger partial charge on any atom is 0.272 e. The Hall–Kier alpha value is -3.15. The van der Waals surface area contributed by atoms with Gasteiger partial charge in [0.25, 0.3) is 5.91 Å². The Morgan fingerprint density at radius 1 is 1.25 bits per heavy atom. The molecular formula is C22H24N4O2. The number of amides is 2. The number of carbonyl (C=O) groups is 2. The van der Waals surface area contributed by atoms with Crippen LogP contribution < -0.4 is 5.32 Å². The smallest absolute Gasteiger partial charge is 0.272 e. The number of benzene rings is 2. The minimum atomic E-state index is -0.243. The molecule has 1 aliphatic heterocycles. The van der Waals surface area contributed by atoms with E-state index in [1.165, 1.54) is 0 Å². The molecule has 1 atom stereocenters. The molecule has 0 unspecified atom stereocenters. The van der Waals surface area contributed by atoms with Gasteiger partial charge in [0.1, 0.15) is 5.69 Å².